The third kappa shape index (κ3) is 5.14. The molecule has 1 amide bonds. The Kier molecular flexibility index (Phi) is 6.92. The summed E-state index contributed by atoms with van der Waals surface area (Å²) in [5, 5.41) is 14.2. The molecule has 2 N–H and O–H groups in total. The fourth-order valence-corrected chi connectivity index (χ4v) is 7.53. The lowest BCUT2D eigenvalue weighted by Gasteiger charge is -2.26. The van der Waals surface area contributed by atoms with Crippen molar-refractivity contribution in [3.05, 3.63) is 76.7 Å². The largest absolute Gasteiger partial charge is 0.455 e. The van der Waals surface area contributed by atoms with E-state index in [1.165, 1.54) is 5.56 Å². The summed E-state index contributed by atoms with van der Waals surface area (Å²) in [5.41, 5.74) is 4.22. The molecule has 0 radical (unpaired) electrons. The maximum Gasteiger partial charge on any atom is 0.246 e. The normalized spacial score (nSPS) is 21.5. The summed E-state index contributed by atoms with van der Waals surface area (Å²) in [7, 11) is 0. The van der Waals surface area contributed by atoms with Crippen LogP contribution in [0.3, 0.4) is 0 Å². The molecular formula is C32H34N6O3S. The van der Waals surface area contributed by atoms with Crippen LogP contribution in [0, 0.1) is 25.2 Å². The number of aliphatic hydroxyl groups is 1. The number of carbonyl (C=O) groups is 1. The molecule has 9 nitrogen and oxygen atoms in total. The Balaban J connectivity index is 1.02. The molecule has 1 aliphatic carbocycles. The van der Waals surface area contributed by atoms with Crippen molar-refractivity contribution in [1.82, 2.24) is 24.8 Å². The number of hydrogen-bond acceptors (Lipinski definition) is 9. The number of fused-ring (bicyclic) bond motifs is 4. The zero-order valence-corrected chi connectivity index (χ0v) is 24.7. The minimum atomic E-state index is 0.0444. The van der Waals surface area contributed by atoms with E-state index in [0.717, 1.165) is 76.1 Å². The highest BCUT2D eigenvalue weighted by atomic mass is 32.1. The van der Waals surface area contributed by atoms with Gasteiger partial charge < -0.3 is 20.1 Å². The minimum Gasteiger partial charge on any atom is -0.455 e. The second kappa shape index (κ2) is 10.8. The highest BCUT2D eigenvalue weighted by Crippen LogP contribution is 2.57. The molecule has 3 aliphatic rings. The van der Waals surface area contributed by atoms with Gasteiger partial charge in [0.05, 0.1) is 24.7 Å². The molecular weight excluding hydrogens is 548 g/mol. The van der Waals surface area contributed by atoms with Gasteiger partial charge >= 0.3 is 0 Å². The third-order valence-electron chi connectivity index (χ3n) is 8.81. The molecule has 10 heteroatoms. The maximum atomic E-state index is 13.0. The Labute approximate surface area is 248 Å². The Bertz CT molecular complexity index is 1680. The van der Waals surface area contributed by atoms with Crippen LogP contribution >= 0.6 is 11.3 Å². The van der Waals surface area contributed by atoms with Crippen LogP contribution in [0.25, 0.3) is 10.2 Å². The molecule has 7 rings (SSSR count). The van der Waals surface area contributed by atoms with Crippen molar-refractivity contribution in [3.8, 4) is 11.5 Å². The van der Waals surface area contributed by atoms with Gasteiger partial charge in [-0.15, -0.1) is 11.3 Å². The van der Waals surface area contributed by atoms with E-state index in [4.69, 9.17) is 4.74 Å². The summed E-state index contributed by atoms with van der Waals surface area (Å²) in [6.07, 6.45) is 8.92. The highest BCUT2D eigenvalue weighted by Gasteiger charge is 2.58. The zero-order valence-electron chi connectivity index (χ0n) is 23.8. The number of amides is 1. The smallest absolute Gasteiger partial charge is 0.246 e. The summed E-state index contributed by atoms with van der Waals surface area (Å²) >= 11 is 1.64. The van der Waals surface area contributed by atoms with Gasteiger partial charge in [0.2, 0.25) is 5.91 Å². The van der Waals surface area contributed by atoms with Gasteiger partial charge in [-0.25, -0.2) is 9.97 Å². The first kappa shape index (κ1) is 27.0. The van der Waals surface area contributed by atoms with Crippen LogP contribution in [0.15, 0.2) is 55.0 Å². The van der Waals surface area contributed by atoms with Crippen LogP contribution < -0.4 is 10.1 Å². The standard InChI is InChI=1S/C32H34N6O3S/c1-20-12-23(6-8-26(20)41-24-7-5-21(2)33-14-24)36-30-29-25-9-11-38(16-27(25)42-31(29)35-19-34-30)28(40)4-3-10-37-15-22-13-32(22,17-37)18-39/h3-8,12,14,19,22,39H,9-11,13,15-18H2,1-2H3,(H,34,35,36)/b4-3+. The molecule has 0 spiro atoms. The van der Waals surface area contributed by atoms with Crippen LogP contribution in [0.5, 0.6) is 11.5 Å². The van der Waals surface area contributed by atoms with Gasteiger partial charge in [0, 0.05) is 53.9 Å². The third-order valence-corrected chi connectivity index (χ3v) is 9.94. The van der Waals surface area contributed by atoms with Crippen molar-refractivity contribution in [1.29, 1.82) is 0 Å². The van der Waals surface area contributed by atoms with E-state index in [1.807, 2.05) is 55.2 Å². The van der Waals surface area contributed by atoms with Gasteiger partial charge in [-0.3, -0.25) is 14.7 Å². The number of benzene rings is 1. The average molecular weight is 583 g/mol. The van der Waals surface area contributed by atoms with E-state index in [2.05, 4.69) is 25.2 Å². The number of nitrogens with one attached hydrogen (secondary N) is 1. The van der Waals surface area contributed by atoms with Crippen molar-refractivity contribution >= 4 is 39.0 Å². The fraction of sp³-hybridized carbons (Fsp3) is 0.375. The maximum absolute atomic E-state index is 13.0. The van der Waals surface area contributed by atoms with Gasteiger partial charge in [-0.1, -0.05) is 6.08 Å². The number of pyridine rings is 1. The molecule has 2 atom stereocenters. The second-order valence-corrected chi connectivity index (χ2v) is 12.9. The number of nitrogens with zero attached hydrogens (tertiary/aromatic N) is 5. The molecule has 0 bridgehead atoms. The number of likely N-dealkylation sites (tertiary alicyclic amines) is 1. The first-order chi connectivity index (χ1) is 20.4. The molecule has 1 saturated carbocycles. The molecule has 2 fully saturated rings. The molecule has 2 aliphatic heterocycles. The van der Waals surface area contributed by atoms with Gasteiger partial charge in [-0.2, -0.15) is 0 Å². The predicted octanol–water partition coefficient (Wildman–Crippen LogP) is 4.99. The van der Waals surface area contributed by atoms with E-state index in [0.29, 0.717) is 24.8 Å². The molecule has 1 aromatic carbocycles. The molecule has 5 heterocycles. The van der Waals surface area contributed by atoms with Crippen LogP contribution in [0.1, 0.15) is 28.1 Å². The monoisotopic (exact) mass is 582 g/mol. The SMILES string of the molecule is Cc1ccc(Oc2ccc(Nc3ncnc4sc5c(c34)CCN(C(=O)/C=C/CN3CC4CC4(CO)C3)C5)cc2C)cn1. The second-order valence-electron chi connectivity index (χ2n) is 11.8. The quantitative estimate of drug-likeness (QED) is 0.280. The number of piperidine rings is 1. The lowest BCUT2D eigenvalue weighted by molar-refractivity contribution is -0.126. The number of aryl methyl sites for hydroxylation is 2. The van der Waals surface area contributed by atoms with Crippen molar-refractivity contribution in [2.45, 2.75) is 33.2 Å². The number of carbonyl (C=O) groups excluding carboxylic acids is 1. The van der Waals surface area contributed by atoms with E-state index in [1.54, 1.807) is 29.9 Å². The predicted molar refractivity (Wildman–Crippen MR) is 163 cm³/mol. The number of hydrogen-bond donors (Lipinski definition) is 2. The Hall–Kier alpha value is -3.86. The Morgan fingerprint density at radius 3 is 2.93 bits per heavy atom. The molecule has 42 heavy (non-hydrogen) atoms. The Morgan fingerprint density at radius 1 is 1.24 bits per heavy atom. The molecule has 2 unspecified atom stereocenters. The van der Waals surface area contributed by atoms with Gasteiger partial charge in [-0.05, 0) is 74.1 Å². The minimum absolute atomic E-state index is 0.0444. The first-order valence-electron chi connectivity index (χ1n) is 14.4. The van der Waals surface area contributed by atoms with Gasteiger partial charge in [0.25, 0.3) is 0 Å². The first-order valence-corrected chi connectivity index (χ1v) is 15.2. The van der Waals surface area contributed by atoms with Crippen molar-refractivity contribution < 1.29 is 14.6 Å². The van der Waals surface area contributed by atoms with Crippen molar-refractivity contribution in [3.63, 3.8) is 0 Å². The summed E-state index contributed by atoms with van der Waals surface area (Å²) in [4.78, 5) is 32.8. The summed E-state index contributed by atoms with van der Waals surface area (Å²) < 4.78 is 6.03. The number of rotatable bonds is 8. The van der Waals surface area contributed by atoms with E-state index in [-0.39, 0.29) is 17.9 Å². The number of ether oxygens (including phenoxy) is 1. The average Bonchev–Trinajstić information content (AvgIpc) is 3.35. The van der Waals surface area contributed by atoms with Crippen LogP contribution in [0.4, 0.5) is 11.5 Å². The van der Waals surface area contributed by atoms with Crippen LogP contribution in [-0.2, 0) is 17.8 Å². The molecule has 216 valence electrons. The van der Waals surface area contributed by atoms with E-state index >= 15 is 0 Å². The lowest BCUT2D eigenvalue weighted by atomic mass is 10.0. The highest BCUT2D eigenvalue weighted by molar-refractivity contribution is 7.19. The fourth-order valence-electron chi connectivity index (χ4n) is 6.33. The van der Waals surface area contributed by atoms with Crippen molar-refractivity contribution in [2.75, 3.05) is 38.1 Å². The number of thiophene rings is 1. The number of aromatic nitrogens is 3. The molecule has 1 saturated heterocycles. The van der Waals surface area contributed by atoms with Gasteiger partial charge in [0.1, 0.15) is 28.5 Å². The van der Waals surface area contributed by atoms with Crippen LogP contribution in [0.2, 0.25) is 0 Å². The number of anilines is 2. The van der Waals surface area contributed by atoms with Crippen LogP contribution in [-0.4, -0.2) is 68.6 Å². The van der Waals surface area contributed by atoms with E-state index < -0.39 is 0 Å². The number of aliphatic hydroxyl groups excluding tert-OH is 1. The van der Waals surface area contributed by atoms with Gasteiger partial charge in [0.15, 0.2) is 0 Å². The topological polar surface area (TPSA) is 104 Å². The molecule has 3 aromatic heterocycles. The molecule has 4 aromatic rings. The zero-order chi connectivity index (χ0) is 28.8. The summed E-state index contributed by atoms with van der Waals surface area (Å²) in [6, 6.07) is 9.83. The summed E-state index contributed by atoms with van der Waals surface area (Å²) in [6.45, 7) is 8.19. The van der Waals surface area contributed by atoms with E-state index in [9.17, 15) is 9.90 Å². The summed E-state index contributed by atoms with van der Waals surface area (Å²) in [5.74, 6) is 2.92. The van der Waals surface area contributed by atoms with Crippen molar-refractivity contribution in [2.24, 2.45) is 11.3 Å². The Morgan fingerprint density at radius 2 is 2.14 bits per heavy atom. The lowest BCUT2D eigenvalue weighted by Crippen LogP contribution is -2.34.